The minimum absolute atomic E-state index is 0.0925. The Labute approximate surface area is 156 Å². The summed E-state index contributed by atoms with van der Waals surface area (Å²) in [5.41, 5.74) is -1.09. The zero-order valence-electron chi connectivity index (χ0n) is 14.9. The summed E-state index contributed by atoms with van der Waals surface area (Å²) in [6.45, 7) is 2.46. The van der Waals surface area contributed by atoms with E-state index in [4.69, 9.17) is 0 Å². The van der Waals surface area contributed by atoms with Gasteiger partial charge in [0.2, 0.25) is 0 Å². The van der Waals surface area contributed by atoms with Crippen molar-refractivity contribution in [3.8, 4) is 0 Å². The molecular formula is C20H20N2O5. The standard InChI is InChI=1S/C20H20N2O5/c1-2-3-11-21-17-10-5-4-9-16(17)20(25,19(21)24)13-18(23)14-7-6-8-15(12-14)22(26)27/h4-10,12,25H,2-3,11,13H2,1H3. The van der Waals surface area contributed by atoms with Crippen LogP contribution < -0.4 is 4.90 Å². The van der Waals surface area contributed by atoms with Crippen molar-refractivity contribution in [3.05, 3.63) is 69.8 Å². The van der Waals surface area contributed by atoms with E-state index < -0.39 is 28.6 Å². The highest BCUT2D eigenvalue weighted by Gasteiger charge is 2.50. The number of carbonyl (C=O) groups excluding carboxylic acids is 2. The number of benzene rings is 2. The van der Waals surface area contributed by atoms with E-state index in [9.17, 15) is 24.8 Å². The predicted octanol–water partition coefficient (Wildman–Crippen LogP) is 3.20. The number of fused-ring (bicyclic) bond motifs is 1. The minimum atomic E-state index is -1.97. The summed E-state index contributed by atoms with van der Waals surface area (Å²) in [5, 5.41) is 22.1. The van der Waals surface area contributed by atoms with Gasteiger partial charge in [0.1, 0.15) is 0 Å². The second kappa shape index (κ2) is 7.28. The minimum Gasteiger partial charge on any atom is -0.375 e. The lowest BCUT2D eigenvalue weighted by atomic mass is 9.88. The third kappa shape index (κ3) is 3.33. The Morgan fingerprint density at radius 3 is 2.67 bits per heavy atom. The van der Waals surface area contributed by atoms with Gasteiger partial charge in [0.05, 0.1) is 17.0 Å². The number of unbranched alkanes of at least 4 members (excludes halogenated alkanes) is 1. The van der Waals surface area contributed by atoms with Gasteiger partial charge < -0.3 is 10.0 Å². The van der Waals surface area contributed by atoms with E-state index in [1.54, 1.807) is 24.3 Å². The van der Waals surface area contributed by atoms with E-state index in [2.05, 4.69) is 0 Å². The number of anilines is 1. The van der Waals surface area contributed by atoms with Crippen molar-refractivity contribution in [1.82, 2.24) is 0 Å². The van der Waals surface area contributed by atoms with Gasteiger partial charge in [-0.25, -0.2) is 0 Å². The molecule has 2 aromatic rings. The Hall–Kier alpha value is -3.06. The SMILES string of the molecule is CCCCN1C(=O)C(O)(CC(=O)c2cccc([N+](=O)[O-])c2)c2ccccc21. The molecule has 1 N–H and O–H groups in total. The molecule has 0 aliphatic carbocycles. The number of hydrogen-bond donors (Lipinski definition) is 1. The molecule has 1 amide bonds. The predicted molar refractivity (Wildman–Crippen MR) is 99.6 cm³/mol. The molecule has 0 bridgehead atoms. The van der Waals surface area contributed by atoms with Crippen LogP contribution in [0.25, 0.3) is 0 Å². The van der Waals surface area contributed by atoms with Crippen molar-refractivity contribution in [2.24, 2.45) is 0 Å². The molecule has 0 saturated carbocycles. The van der Waals surface area contributed by atoms with Crippen LogP contribution in [0.3, 0.4) is 0 Å². The van der Waals surface area contributed by atoms with E-state index in [0.29, 0.717) is 17.8 Å². The number of non-ortho nitro benzene ring substituents is 1. The fourth-order valence-corrected chi connectivity index (χ4v) is 3.34. The summed E-state index contributed by atoms with van der Waals surface area (Å²) in [4.78, 5) is 37.5. The largest absolute Gasteiger partial charge is 0.375 e. The number of Topliss-reactive ketones (excluding diaryl/α,β-unsaturated/α-hetero) is 1. The first-order valence-electron chi connectivity index (χ1n) is 8.80. The maximum Gasteiger partial charge on any atom is 0.270 e. The van der Waals surface area contributed by atoms with Crippen LogP contribution in [0.15, 0.2) is 48.5 Å². The summed E-state index contributed by atoms with van der Waals surface area (Å²) in [7, 11) is 0. The van der Waals surface area contributed by atoms with Crippen molar-refractivity contribution >= 4 is 23.1 Å². The Balaban J connectivity index is 1.93. The molecule has 7 nitrogen and oxygen atoms in total. The second-order valence-corrected chi connectivity index (χ2v) is 6.60. The first-order chi connectivity index (χ1) is 12.9. The van der Waals surface area contributed by atoms with Crippen LogP contribution in [0.5, 0.6) is 0 Å². The number of nitrogens with zero attached hydrogens (tertiary/aromatic N) is 2. The van der Waals surface area contributed by atoms with Crippen molar-refractivity contribution in [1.29, 1.82) is 0 Å². The number of rotatable bonds is 7. The zero-order valence-corrected chi connectivity index (χ0v) is 14.9. The van der Waals surface area contributed by atoms with Crippen LogP contribution in [0.4, 0.5) is 11.4 Å². The van der Waals surface area contributed by atoms with E-state index in [1.807, 2.05) is 6.92 Å². The molecule has 1 unspecified atom stereocenters. The number of ketones is 1. The van der Waals surface area contributed by atoms with Gasteiger partial charge >= 0.3 is 0 Å². The normalized spacial score (nSPS) is 18.4. The summed E-state index contributed by atoms with van der Waals surface area (Å²) in [6.07, 6.45) is 1.19. The highest BCUT2D eigenvalue weighted by Crippen LogP contribution is 2.43. The van der Waals surface area contributed by atoms with Crippen LogP contribution in [-0.2, 0) is 10.4 Å². The highest BCUT2D eigenvalue weighted by atomic mass is 16.6. The molecule has 0 fully saturated rings. The van der Waals surface area contributed by atoms with Crippen LogP contribution in [-0.4, -0.2) is 28.3 Å². The van der Waals surface area contributed by atoms with Crippen LogP contribution in [0, 0.1) is 10.1 Å². The van der Waals surface area contributed by atoms with Gasteiger partial charge in [-0.2, -0.15) is 0 Å². The number of nitro groups is 1. The van der Waals surface area contributed by atoms with Gasteiger partial charge in [-0.15, -0.1) is 0 Å². The van der Waals surface area contributed by atoms with Gasteiger partial charge in [-0.1, -0.05) is 43.7 Å². The smallest absolute Gasteiger partial charge is 0.270 e. The molecule has 1 aliphatic heterocycles. The summed E-state index contributed by atoms with van der Waals surface area (Å²) < 4.78 is 0. The molecule has 0 spiro atoms. The fraction of sp³-hybridized carbons (Fsp3) is 0.300. The number of hydrogen-bond acceptors (Lipinski definition) is 5. The van der Waals surface area contributed by atoms with Gasteiger partial charge in [0, 0.05) is 29.8 Å². The molecule has 2 aromatic carbocycles. The molecule has 0 aromatic heterocycles. The van der Waals surface area contributed by atoms with Gasteiger partial charge in [0.15, 0.2) is 11.4 Å². The Kier molecular flexibility index (Phi) is 5.05. The number of nitro benzene ring substituents is 1. The molecule has 1 aliphatic rings. The molecular weight excluding hydrogens is 348 g/mol. The van der Waals surface area contributed by atoms with Crippen molar-refractivity contribution < 1.29 is 19.6 Å². The number of para-hydroxylation sites is 1. The lowest BCUT2D eigenvalue weighted by molar-refractivity contribution is -0.384. The van der Waals surface area contributed by atoms with Gasteiger partial charge in [0.25, 0.3) is 11.6 Å². The molecule has 3 rings (SSSR count). The monoisotopic (exact) mass is 368 g/mol. The Morgan fingerprint density at radius 1 is 1.22 bits per heavy atom. The van der Waals surface area contributed by atoms with E-state index in [1.165, 1.54) is 23.1 Å². The summed E-state index contributed by atoms with van der Waals surface area (Å²) >= 11 is 0. The van der Waals surface area contributed by atoms with Crippen LogP contribution >= 0.6 is 0 Å². The number of carbonyl (C=O) groups is 2. The lowest BCUT2D eigenvalue weighted by Gasteiger charge is -2.22. The fourth-order valence-electron chi connectivity index (χ4n) is 3.34. The third-order valence-electron chi connectivity index (χ3n) is 4.77. The second-order valence-electron chi connectivity index (χ2n) is 6.60. The van der Waals surface area contributed by atoms with Gasteiger partial charge in [-0.05, 0) is 12.5 Å². The van der Waals surface area contributed by atoms with E-state index in [-0.39, 0.29) is 11.3 Å². The van der Waals surface area contributed by atoms with Crippen LogP contribution in [0.1, 0.15) is 42.1 Å². The lowest BCUT2D eigenvalue weighted by Crippen LogP contribution is -2.42. The summed E-state index contributed by atoms with van der Waals surface area (Å²) in [6, 6.07) is 12.2. The molecule has 0 saturated heterocycles. The van der Waals surface area contributed by atoms with Crippen molar-refractivity contribution in [2.45, 2.75) is 31.8 Å². The van der Waals surface area contributed by atoms with E-state index >= 15 is 0 Å². The first kappa shape index (κ1) is 18.7. The molecule has 1 heterocycles. The maximum atomic E-state index is 12.9. The quantitative estimate of drug-likeness (QED) is 0.459. The molecule has 0 radical (unpaired) electrons. The van der Waals surface area contributed by atoms with Crippen LogP contribution in [0.2, 0.25) is 0 Å². The molecule has 1 atom stereocenters. The first-order valence-corrected chi connectivity index (χ1v) is 8.80. The summed E-state index contributed by atoms with van der Waals surface area (Å²) in [5.74, 6) is -1.06. The average molecular weight is 368 g/mol. The Morgan fingerprint density at radius 2 is 1.96 bits per heavy atom. The molecule has 7 heteroatoms. The van der Waals surface area contributed by atoms with Crippen molar-refractivity contribution in [2.75, 3.05) is 11.4 Å². The van der Waals surface area contributed by atoms with E-state index in [0.717, 1.165) is 18.9 Å². The third-order valence-corrected chi connectivity index (χ3v) is 4.77. The number of aliphatic hydroxyl groups is 1. The molecule has 140 valence electrons. The van der Waals surface area contributed by atoms with Crippen molar-refractivity contribution in [3.63, 3.8) is 0 Å². The molecule has 27 heavy (non-hydrogen) atoms. The topological polar surface area (TPSA) is 101 Å². The Bertz CT molecular complexity index is 911. The average Bonchev–Trinajstić information content (AvgIpc) is 2.88. The zero-order chi connectivity index (χ0) is 19.6. The highest BCUT2D eigenvalue weighted by molar-refractivity contribution is 6.10. The number of amides is 1. The maximum absolute atomic E-state index is 12.9. The van der Waals surface area contributed by atoms with Gasteiger partial charge in [-0.3, -0.25) is 19.7 Å².